The van der Waals surface area contributed by atoms with Crippen molar-refractivity contribution in [1.29, 1.82) is 0 Å². The van der Waals surface area contributed by atoms with Crippen LogP contribution in [0.1, 0.15) is 44.2 Å². The number of nitrogens with two attached hydrogens (primary N) is 2. The van der Waals surface area contributed by atoms with Gasteiger partial charge < -0.3 is 16.0 Å². The molecule has 0 spiro atoms. The minimum atomic E-state index is -0.308. The quantitative estimate of drug-likeness (QED) is 0.373. The van der Waals surface area contributed by atoms with E-state index in [2.05, 4.69) is 55.6 Å². The molecule has 4 N–H and O–H groups in total. The highest BCUT2D eigenvalue weighted by molar-refractivity contribution is 9.10. The molecule has 1 aliphatic carbocycles. The molecular formula is C24H25BrFN5. The van der Waals surface area contributed by atoms with Crippen LogP contribution in [0, 0.1) is 11.2 Å². The lowest BCUT2D eigenvalue weighted by molar-refractivity contribution is 0.295. The molecule has 0 amide bonds. The number of nitrogens with zero attached hydrogens (tertiary/aromatic N) is 3. The summed E-state index contributed by atoms with van der Waals surface area (Å²) in [6.07, 6.45) is 8.41. The molecule has 2 atom stereocenters. The summed E-state index contributed by atoms with van der Waals surface area (Å²) in [5.41, 5.74) is 14.9. The van der Waals surface area contributed by atoms with E-state index in [1.165, 1.54) is 11.8 Å². The maximum absolute atomic E-state index is 14.5. The van der Waals surface area contributed by atoms with Crippen LogP contribution in [0.25, 0.3) is 21.8 Å². The fourth-order valence-corrected chi connectivity index (χ4v) is 5.36. The van der Waals surface area contributed by atoms with Crippen LogP contribution in [0.3, 0.4) is 0 Å². The number of hydrogen-bond acceptors (Lipinski definition) is 4. The standard InChI is InChI=1S/C24H25BrFN5/c1-24(7-4-14-2-3-15-11-18(25)23(28)30-20(15)10-14)8-5-16(12-24)31-9-6-17-21(31)19(26)13-29-22(17)27/h2-3,6,9-11,13,16H,4-5,7-8,12H2,1H3,(H2,27,29)(H2,28,30)/t16?,24-/m1/s1. The number of aryl methyl sites for hydroxylation is 1. The summed E-state index contributed by atoms with van der Waals surface area (Å²) in [7, 11) is 0. The Hall–Kier alpha value is -2.67. The van der Waals surface area contributed by atoms with Crippen molar-refractivity contribution in [1.82, 2.24) is 14.5 Å². The van der Waals surface area contributed by atoms with Crippen molar-refractivity contribution >= 4 is 49.4 Å². The first-order valence-electron chi connectivity index (χ1n) is 10.6. The van der Waals surface area contributed by atoms with Crippen molar-refractivity contribution in [2.75, 3.05) is 11.5 Å². The highest BCUT2D eigenvalue weighted by Gasteiger charge is 2.36. The smallest absolute Gasteiger partial charge is 0.165 e. The molecule has 7 heteroatoms. The predicted molar refractivity (Wildman–Crippen MR) is 127 cm³/mol. The zero-order chi connectivity index (χ0) is 21.8. The number of aromatic nitrogens is 3. The van der Waals surface area contributed by atoms with Gasteiger partial charge in [-0.25, -0.2) is 14.4 Å². The van der Waals surface area contributed by atoms with Gasteiger partial charge in [-0.1, -0.05) is 19.1 Å². The van der Waals surface area contributed by atoms with Gasteiger partial charge in [0.2, 0.25) is 0 Å². The van der Waals surface area contributed by atoms with E-state index in [0.717, 1.165) is 47.5 Å². The lowest BCUT2D eigenvalue weighted by Gasteiger charge is -2.25. The third-order valence-corrected chi connectivity index (χ3v) is 7.45. The highest BCUT2D eigenvalue weighted by atomic mass is 79.9. The van der Waals surface area contributed by atoms with Crippen molar-refractivity contribution < 1.29 is 4.39 Å². The van der Waals surface area contributed by atoms with Gasteiger partial charge in [0.25, 0.3) is 0 Å². The minimum Gasteiger partial charge on any atom is -0.383 e. The van der Waals surface area contributed by atoms with Gasteiger partial charge in [0, 0.05) is 23.0 Å². The Morgan fingerprint density at radius 1 is 1.23 bits per heavy atom. The molecule has 3 aromatic heterocycles. The van der Waals surface area contributed by atoms with Gasteiger partial charge in [0.05, 0.1) is 21.7 Å². The van der Waals surface area contributed by atoms with E-state index >= 15 is 0 Å². The van der Waals surface area contributed by atoms with Gasteiger partial charge in [-0.3, -0.25) is 0 Å². The third kappa shape index (κ3) is 3.65. The second kappa shape index (κ2) is 7.48. The Morgan fingerprint density at radius 2 is 2.06 bits per heavy atom. The van der Waals surface area contributed by atoms with Gasteiger partial charge in [0.1, 0.15) is 11.6 Å². The van der Waals surface area contributed by atoms with E-state index in [-0.39, 0.29) is 17.3 Å². The number of hydrogen-bond donors (Lipinski definition) is 2. The van der Waals surface area contributed by atoms with Gasteiger partial charge in [0.15, 0.2) is 5.82 Å². The third-order valence-electron chi connectivity index (χ3n) is 6.82. The molecule has 5 rings (SSSR count). The lowest BCUT2D eigenvalue weighted by atomic mass is 9.82. The Kier molecular flexibility index (Phi) is 4.88. The van der Waals surface area contributed by atoms with Gasteiger partial charge >= 0.3 is 0 Å². The first kappa shape index (κ1) is 20.2. The summed E-state index contributed by atoms with van der Waals surface area (Å²) in [4.78, 5) is 8.44. The summed E-state index contributed by atoms with van der Waals surface area (Å²) in [6.45, 7) is 2.35. The Balaban J connectivity index is 1.33. The molecule has 0 saturated heterocycles. The molecular weight excluding hydrogens is 457 g/mol. The molecule has 1 saturated carbocycles. The SMILES string of the molecule is C[C@@]1(CCc2ccc3cc(Br)c(N)nc3c2)CCC(n2ccc3c(N)ncc(F)c32)C1. The number of rotatable bonds is 4. The fourth-order valence-electron chi connectivity index (χ4n) is 5.02. The molecule has 0 aliphatic heterocycles. The molecule has 1 aromatic carbocycles. The van der Waals surface area contributed by atoms with Crippen LogP contribution < -0.4 is 11.5 Å². The molecule has 160 valence electrons. The van der Waals surface area contributed by atoms with Crippen molar-refractivity contribution in [3.63, 3.8) is 0 Å². The van der Waals surface area contributed by atoms with Gasteiger partial charge in [-0.05, 0) is 77.2 Å². The molecule has 0 radical (unpaired) electrons. The molecule has 1 aliphatic rings. The summed E-state index contributed by atoms with van der Waals surface area (Å²) < 4.78 is 17.4. The van der Waals surface area contributed by atoms with Crippen molar-refractivity contribution in [3.05, 3.63) is 58.6 Å². The van der Waals surface area contributed by atoms with Crippen LogP contribution in [0.4, 0.5) is 16.0 Å². The molecule has 1 unspecified atom stereocenters. The zero-order valence-electron chi connectivity index (χ0n) is 17.4. The van der Waals surface area contributed by atoms with Crippen molar-refractivity contribution in [3.8, 4) is 0 Å². The summed E-state index contributed by atoms with van der Waals surface area (Å²) in [5.74, 6) is 0.586. The first-order valence-corrected chi connectivity index (χ1v) is 11.4. The lowest BCUT2D eigenvalue weighted by Crippen LogP contribution is -2.14. The van der Waals surface area contributed by atoms with Crippen LogP contribution in [0.15, 0.2) is 47.2 Å². The van der Waals surface area contributed by atoms with E-state index in [1.807, 2.05) is 18.3 Å². The van der Waals surface area contributed by atoms with Crippen molar-refractivity contribution in [2.45, 2.75) is 45.1 Å². The largest absolute Gasteiger partial charge is 0.383 e. The summed E-state index contributed by atoms with van der Waals surface area (Å²) >= 11 is 3.44. The normalized spacial score (nSPS) is 21.3. The van der Waals surface area contributed by atoms with E-state index in [9.17, 15) is 4.39 Å². The Bertz CT molecular complexity index is 1300. The van der Waals surface area contributed by atoms with E-state index in [4.69, 9.17) is 11.5 Å². The first-order chi connectivity index (χ1) is 14.8. The fraction of sp³-hybridized carbons (Fsp3) is 0.333. The van der Waals surface area contributed by atoms with E-state index < -0.39 is 0 Å². The Morgan fingerprint density at radius 3 is 2.90 bits per heavy atom. The number of benzene rings is 1. The monoisotopic (exact) mass is 481 g/mol. The second-order valence-corrected chi connectivity index (χ2v) is 9.92. The average Bonchev–Trinajstić information content (AvgIpc) is 3.35. The topological polar surface area (TPSA) is 82.8 Å². The maximum atomic E-state index is 14.5. The molecule has 1 fully saturated rings. The number of fused-ring (bicyclic) bond motifs is 2. The highest BCUT2D eigenvalue weighted by Crippen LogP contribution is 2.48. The van der Waals surface area contributed by atoms with Crippen LogP contribution >= 0.6 is 15.9 Å². The van der Waals surface area contributed by atoms with Crippen LogP contribution in [-0.2, 0) is 6.42 Å². The minimum absolute atomic E-state index is 0.206. The number of nitrogen functional groups attached to an aromatic ring is 2. The van der Waals surface area contributed by atoms with Crippen LogP contribution in [0.2, 0.25) is 0 Å². The number of anilines is 2. The van der Waals surface area contributed by atoms with Gasteiger partial charge in [-0.15, -0.1) is 0 Å². The average molecular weight is 482 g/mol. The van der Waals surface area contributed by atoms with E-state index in [1.54, 1.807) is 0 Å². The number of pyridine rings is 2. The summed E-state index contributed by atoms with van der Waals surface area (Å²) in [6, 6.07) is 10.6. The number of halogens is 2. The molecule has 3 heterocycles. The predicted octanol–water partition coefficient (Wildman–Crippen LogP) is 6.01. The molecule has 4 aromatic rings. The Labute approximate surface area is 188 Å². The van der Waals surface area contributed by atoms with Crippen LogP contribution in [-0.4, -0.2) is 14.5 Å². The summed E-state index contributed by atoms with van der Waals surface area (Å²) in [5, 5.41) is 1.77. The maximum Gasteiger partial charge on any atom is 0.165 e. The van der Waals surface area contributed by atoms with Crippen molar-refractivity contribution in [2.24, 2.45) is 5.41 Å². The van der Waals surface area contributed by atoms with E-state index in [0.29, 0.717) is 22.5 Å². The molecule has 5 nitrogen and oxygen atoms in total. The van der Waals surface area contributed by atoms with Gasteiger partial charge in [-0.2, -0.15) is 0 Å². The zero-order valence-corrected chi connectivity index (χ0v) is 19.0. The van der Waals surface area contributed by atoms with Crippen LogP contribution in [0.5, 0.6) is 0 Å². The molecule has 31 heavy (non-hydrogen) atoms. The second-order valence-electron chi connectivity index (χ2n) is 9.07. The molecule has 0 bridgehead atoms.